The highest BCUT2D eigenvalue weighted by Crippen LogP contribution is 2.30. The molecule has 0 aliphatic heterocycles. The molecular formula is C24H19N5O4S. The molecule has 0 aliphatic rings. The number of anilines is 1. The van der Waals surface area contributed by atoms with Gasteiger partial charge in [0, 0.05) is 57.2 Å². The van der Waals surface area contributed by atoms with Crippen LogP contribution in [0.3, 0.4) is 0 Å². The number of hydrogen-bond donors (Lipinski definition) is 1. The first-order valence-electron chi connectivity index (χ1n) is 10.2. The van der Waals surface area contributed by atoms with Crippen LogP contribution in [-0.4, -0.2) is 32.3 Å². The molecule has 2 aromatic heterocycles. The highest BCUT2D eigenvalue weighted by atomic mass is 32.1. The number of aldehydes is 2. The fourth-order valence-electron chi connectivity index (χ4n) is 3.70. The first-order valence-corrected chi connectivity index (χ1v) is 11.1. The van der Waals surface area contributed by atoms with Crippen LogP contribution in [0.15, 0.2) is 60.7 Å². The maximum absolute atomic E-state index is 10.9. The Balaban J connectivity index is 0.000000166. The third-order valence-electron chi connectivity index (χ3n) is 5.27. The van der Waals surface area contributed by atoms with Gasteiger partial charge in [-0.05, 0) is 55.5 Å². The van der Waals surface area contributed by atoms with Crippen molar-refractivity contribution in [1.82, 2.24) is 14.8 Å². The minimum atomic E-state index is -0.446. The Kier molecular flexibility index (Phi) is 6.42. The summed E-state index contributed by atoms with van der Waals surface area (Å²) in [6, 6.07) is 17.4. The van der Waals surface area contributed by atoms with Gasteiger partial charge in [0.1, 0.15) is 17.6 Å². The molecule has 0 bridgehead atoms. The van der Waals surface area contributed by atoms with Gasteiger partial charge < -0.3 is 10.3 Å². The lowest BCUT2D eigenvalue weighted by Gasteiger charge is -2.02. The average Bonchev–Trinajstić information content (AvgIpc) is 3.44. The van der Waals surface area contributed by atoms with Crippen LogP contribution in [0.2, 0.25) is 0 Å². The highest BCUT2D eigenvalue weighted by Gasteiger charge is 2.11. The quantitative estimate of drug-likeness (QED) is 0.212. The van der Waals surface area contributed by atoms with Crippen molar-refractivity contribution >= 4 is 56.5 Å². The lowest BCUT2D eigenvalue weighted by molar-refractivity contribution is -0.384. The third-order valence-corrected chi connectivity index (χ3v) is 6.07. The summed E-state index contributed by atoms with van der Waals surface area (Å²) in [5.41, 5.74) is 9.74. The van der Waals surface area contributed by atoms with Gasteiger partial charge in [0.2, 0.25) is 5.13 Å². The van der Waals surface area contributed by atoms with Gasteiger partial charge >= 0.3 is 0 Å². The first-order chi connectivity index (χ1) is 16.4. The van der Waals surface area contributed by atoms with Gasteiger partial charge in [-0.3, -0.25) is 19.7 Å². The van der Waals surface area contributed by atoms with Crippen molar-refractivity contribution in [2.45, 2.75) is 13.5 Å². The molecule has 0 fully saturated rings. The molecule has 2 N–H and O–H groups in total. The van der Waals surface area contributed by atoms with Gasteiger partial charge in [0.15, 0.2) is 0 Å². The van der Waals surface area contributed by atoms with Crippen LogP contribution >= 0.6 is 11.3 Å². The summed E-state index contributed by atoms with van der Waals surface area (Å²) >= 11 is 1.24. The van der Waals surface area contributed by atoms with Crippen molar-refractivity contribution < 1.29 is 14.5 Å². The summed E-state index contributed by atoms with van der Waals surface area (Å²) in [5.74, 6) is 0. The van der Waals surface area contributed by atoms with E-state index in [-0.39, 0.29) is 5.69 Å². The zero-order valence-corrected chi connectivity index (χ0v) is 18.9. The van der Waals surface area contributed by atoms with E-state index in [1.165, 1.54) is 23.5 Å². The van der Waals surface area contributed by atoms with Crippen molar-refractivity contribution in [3.8, 4) is 10.6 Å². The van der Waals surface area contributed by atoms with Crippen molar-refractivity contribution in [3.63, 3.8) is 0 Å². The minimum Gasteiger partial charge on any atom is -0.374 e. The van der Waals surface area contributed by atoms with Crippen molar-refractivity contribution in [3.05, 3.63) is 81.9 Å². The van der Waals surface area contributed by atoms with E-state index in [0.717, 1.165) is 46.5 Å². The predicted octanol–water partition coefficient (Wildman–Crippen LogP) is 5.13. The van der Waals surface area contributed by atoms with E-state index in [1.54, 1.807) is 12.1 Å². The number of nitro groups is 1. The average molecular weight is 474 g/mol. The highest BCUT2D eigenvalue weighted by molar-refractivity contribution is 7.18. The van der Waals surface area contributed by atoms with Crippen molar-refractivity contribution in [1.29, 1.82) is 0 Å². The molecule has 34 heavy (non-hydrogen) atoms. The number of non-ortho nitro benzene ring substituents is 1. The van der Waals surface area contributed by atoms with Gasteiger partial charge in [-0.25, -0.2) is 0 Å². The Morgan fingerprint density at radius 3 is 1.91 bits per heavy atom. The topological polar surface area (TPSA) is 134 Å². The van der Waals surface area contributed by atoms with Gasteiger partial charge in [-0.1, -0.05) is 11.3 Å². The molecule has 9 nitrogen and oxygen atoms in total. The Hall–Kier alpha value is -4.44. The Labute approximate surface area is 197 Å². The second-order valence-corrected chi connectivity index (χ2v) is 8.29. The number of nitrogens with two attached hydrogens (primary N) is 1. The molecule has 0 radical (unpaired) electrons. The van der Waals surface area contributed by atoms with E-state index >= 15 is 0 Å². The van der Waals surface area contributed by atoms with Gasteiger partial charge in [-0.15, -0.1) is 10.2 Å². The summed E-state index contributed by atoms with van der Waals surface area (Å²) < 4.78 is 2.19. The van der Waals surface area contributed by atoms with E-state index in [0.29, 0.717) is 21.3 Å². The smallest absolute Gasteiger partial charge is 0.269 e. The first kappa shape index (κ1) is 22.7. The largest absolute Gasteiger partial charge is 0.374 e. The van der Waals surface area contributed by atoms with E-state index in [2.05, 4.69) is 21.7 Å². The maximum Gasteiger partial charge on any atom is 0.269 e. The number of fused-ring (bicyclic) bond motifs is 3. The van der Waals surface area contributed by atoms with Crippen molar-refractivity contribution in [2.24, 2.45) is 0 Å². The van der Waals surface area contributed by atoms with E-state index < -0.39 is 4.92 Å². The van der Waals surface area contributed by atoms with E-state index in [4.69, 9.17) is 5.73 Å². The number of carbonyl (C=O) groups is 2. The molecule has 5 rings (SSSR count). The van der Waals surface area contributed by atoms with Crippen molar-refractivity contribution in [2.75, 3.05) is 5.73 Å². The number of carbonyl (C=O) groups excluding carboxylic acids is 2. The molecule has 170 valence electrons. The number of hydrogen-bond acceptors (Lipinski definition) is 8. The second kappa shape index (κ2) is 9.59. The van der Waals surface area contributed by atoms with Crippen LogP contribution < -0.4 is 5.73 Å². The molecule has 0 amide bonds. The maximum atomic E-state index is 10.9. The van der Waals surface area contributed by atoms with Gasteiger partial charge in [0.25, 0.3) is 5.69 Å². The van der Waals surface area contributed by atoms with Crippen LogP contribution in [-0.2, 0) is 6.54 Å². The van der Waals surface area contributed by atoms with Crippen LogP contribution in [0, 0.1) is 10.1 Å². The lowest BCUT2D eigenvalue weighted by atomic mass is 10.1. The van der Waals surface area contributed by atoms with E-state index in [1.807, 2.05) is 36.4 Å². The normalized spacial score (nSPS) is 10.6. The number of benzene rings is 3. The molecule has 0 saturated heterocycles. The summed E-state index contributed by atoms with van der Waals surface area (Å²) in [6.07, 6.45) is 1.69. The summed E-state index contributed by atoms with van der Waals surface area (Å²) in [6.45, 7) is 2.93. The van der Waals surface area contributed by atoms with Crippen LogP contribution in [0.5, 0.6) is 0 Å². The molecule has 0 aliphatic carbocycles. The SMILES string of the molecule is CCn1c2ccc(C=O)cc2c2cc(C=O)ccc21.Nc1nnc(-c2ccc([N+](=O)[O-])cc2)s1. The molecule has 0 saturated carbocycles. The molecular weight excluding hydrogens is 454 g/mol. The Morgan fingerprint density at radius 1 is 0.941 bits per heavy atom. The lowest BCUT2D eigenvalue weighted by Crippen LogP contribution is -1.93. The van der Waals surface area contributed by atoms with Crippen LogP contribution in [0.4, 0.5) is 10.8 Å². The molecule has 10 heteroatoms. The molecule has 3 aromatic carbocycles. The number of rotatable bonds is 5. The zero-order valence-electron chi connectivity index (χ0n) is 18.0. The van der Waals surface area contributed by atoms with Gasteiger partial charge in [-0.2, -0.15) is 0 Å². The summed E-state index contributed by atoms with van der Waals surface area (Å²) in [4.78, 5) is 31.8. The Morgan fingerprint density at radius 2 is 1.50 bits per heavy atom. The minimum absolute atomic E-state index is 0.0521. The number of nitro benzene ring substituents is 1. The van der Waals surface area contributed by atoms with Crippen LogP contribution in [0.1, 0.15) is 27.6 Å². The number of nitrogens with zero attached hydrogens (tertiary/aromatic N) is 4. The molecule has 0 spiro atoms. The monoisotopic (exact) mass is 473 g/mol. The molecule has 5 aromatic rings. The number of aryl methyl sites for hydroxylation is 1. The second-order valence-electron chi connectivity index (χ2n) is 7.28. The number of aromatic nitrogens is 3. The standard InChI is InChI=1S/C16H13NO2.C8H6N4O2S/c1-2-17-15-5-3-11(9-18)7-13(15)14-8-12(10-19)4-6-16(14)17;9-8-11-10-7(15-8)5-1-3-6(4-2-5)12(13)14/h3-10H,2H2,1H3;1-4H,(H2,9,11). The molecule has 0 unspecified atom stereocenters. The molecule has 2 heterocycles. The molecule has 0 atom stereocenters. The fourth-order valence-corrected chi connectivity index (χ4v) is 4.32. The predicted molar refractivity (Wildman–Crippen MR) is 132 cm³/mol. The fraction of sp³-hybridized carbons (Fsp3) is 0.0833. The van der Waals surface area contributed by atoms with Gasteiger partial charge in [0.05, 0.1) is 4.92 Å². The summed E-state index contributed by atoms with van der Waals surface area (Å²) in [7, 11) is 0. The zero-order chi connectivity index (χ0) is 24.2. The number of nitrogen functional groups attached to an aromatic ring is 1. The van der Waals surface area contributed by atoms with E-state index in [9.17, 15) is 19.7 Å². The summed E-state index contributed by atoms with van der Waals surface area (Å²) in [5, 5.41) is 21.0. The third kappa shape index (κ3) is 4.39. The van der Waals surface area contributed by atoms with Crippen LogP contribution in [0.25, 0.3) is 32.4 Å². The Bertz CT molecular complexity index is 1460.